The van der Waals surface area contributed by atoms with Crippen molar-refractivity contribution >= 4 is 16.9 Å². The van der Waals surface area contributed by atoms with Crippen molar-refractivity contribution < 1.29 is 24.1 Å². The topological polar surface area (TPSA) is 87.3 Å². The molecule has 1 atom stereocenters. The number of para-hydroxylation sites is 1. The maximum absolute atomic E-state index is 12.2. The second kappa shape index (κ2) is 9.50. The first-order valence-electron chi connectivity index (χ1n) is 10.6. The number of methoxy groups -OCH3 is 3. The summed E-state index contributed by atoms with van der Waals surface area (Å²) in [6.45, 7) is 3.51. The van der Waals surface area contributed by atoms with Crippen LogP contribution in [0.25, 0.3) is 10.9 Å². The number of aromatic nitrogens is 1. The van der Waals surface area contributed by atoms with Crippen LogP contribution in [0.5, 0.6) is 17.2 Å². The molecule has 0 aliphatic carbocycles. The number of fused-ring (bicyclic) bond motifs is 1. The van der Waals surface area contributed by atoms with Gasteiger partial charge in [-0.3, -0.25) is 14.6 Å². The Kier molecular flexibility index (Phi) is 6.53. The molecular weight excluding hydrogens is 410 g/mol. The van der Waals surface area contributed by atoms with Gasteiger partial charge < -0.3 is 24.3 Å². The van der Waals surface area contributed by atoms with Crippen molar-refractivity contribution in [3.8, 4) is 17.2 Å². The van der Waals surface area contributed by atoms with Crippen molar-refractivity contribution in [3.63, 3.8) is 0 Å². The van der Waals surface area contributed by atoms with Gasteiger partial charge in [-0.15, -0.1) is 0 Å². The molecule has 0 bridgehead atoms. The van der Waals surface area contributed by atoms with E-state index in [1.807, 2.05) is 47.5 Å². The Morgan fingerprint density at radius 3 is 2.38 bits per heavy atom. The number of carboxylic acid groups (broad SMARTS) is 1. The number of carbonyl (C=O) groups is 1. The third kappa shape index (κ3) is 4.11. The molecule has 4 rings (SSSR count). The van der Waals surface area contributed by atoms with E-state index in [9.17, 15) is 9.90 Å². The van der Waals surface area contributed by atoms with Gasteiger partial charge in [-0.1, -0.05) is 24.3 Å². The van der Waals surface area contributed by atoms with E-state index in [0.717, 1.165) is 35.1 Å². The van der Waals surface area contributed by atoms with E-state index in [4.69, 9.17) is 14.2 Å². The zero-order valence-electron chi connectivity index (χ0n) is 18.6. The molecule has 1 fully saturated rings. The van der Waals surface area contributed by atoms with Crippen molar-refractivity contribution in [3.05, 3.63) is 53.7 Å². The highest BCUT2D eigenvalue weighted by molar-refractivity contribution is 5.89. The zero-order chi connectivity index (χ0) is 22.7. The molecule has 0 radical (unpaired) electrons. The van der Waals surface area contributed by atoms with Crippen LogP contribution in [0.1, 0.15) is 17.2 Å². The predicted molar refractivity (Wildman–Crippen MR) is 122 cm³/mol. The molecule has 1 saturated heterocycles. The lowest BCUT2D eigenvalue weighted by molar-refractivity contribution is -0.144. The summed E-state index contributed by atoms with van der Waals surface area (Å²) in [5.41, 5.74) is 2.76. The van der Waals surface area contributed by atoms with E-state index >= 15 is 0 Å². The normalized spacial score (nSPS) is 16.1. The summed E-state index contributed by atoms with van der Waals surface area (Å²) in [4.78, 5) is 19.8. The highest BCUT2D eigenvalue weighted by Gasteiger charge is 2.32. The number of ether oxygens (including phenoxy) is 3. The van der Waals surface area contributed by atoms with E-state index in [2.05, 4.69) is 9.88 Å². The fraction of sp³-hybridized carbons (Fsp3) is 0.375. The Morgan fingerprint density at radius 2 is 1.72 bits per heavy atom. The molecule has 0 spiro atoms. The van der Waals surface area contributed by atoms with Crippen LogP contribution in [-0.4, -0.2) is 73.4 Å². The first kappa shape index (κ1) is 22.0. The second-order valence-electron chi connectivity index (χ2n) is 7.84. The van der Waals surface area contributed by atoms with Gasteiger partial charge in [0.05, 0.1) is 21.3 Å². The minimum atomic E-state index is -0.829. The molecule has 1 aromatic heterocycles. The minimum Gasteiger partial charge on any atom is -0.493 e. The molecule has 1 unspecified atom stereocenters. The van der Waals surface area contributed by atoms with Gasteiger partial charge in [0, 0.05) is 61.0 Å². The van der Waals surface area contributed by atoms with Gasteiger partial charge in [0.2, 0.25) is 5.75 Å². The Labute approximate surface area is 187 Å². The Morgan fingerprint density at radius 1 is 1.00 bits per heavy atom. The lowest BCUT2D eigenvalue weighted by Gasteiger charge is -2.37. The summed E-state index contributed by atoms with van der Waals surface area (Å²) in [6, 6.07) is 11.0. The van der Waals surface area contributed by atoms with Gasteiger partial charge >= 0.3 is 5.97 Å². The first-order chi connectivity index (χ1) is 15.6. The summed E-state index contributed by atoms with van der Waals surface area (Å²) >= 11 is 0. The van der Waals surface area contributed by atoms with Crippen molar-refractivity contribution in [2.75, 3.05) is 47.5 Å². The van der Waals surface area contributed by atoms with Crippen LogP contribution in [0, 0.1) is 0 Å². The van der Waals surface area contributed by atoms with Gasteiger partial charge in [-0.25, -0.2) is 0 Å². The zero-order valence-corrected chi connectivity index (χ0v) is 18.6. The molecule has 0 saturated carbocycles. The van der Waals surface area contributed by atoms with Gasteiger partial charge in [-0.05, 0) is 12.1 Å². The predicted octanol–water partition coefficient (Wildman–Crippen LogP) is 3.14. The van der Waals surface area contributed by atoms with Crippen LogP contribution in [0.2, 0.25) is 0 Å². The number of benzene rings is 2. The summed E-state index contributed by atoms with van der Waals surface area (Å²) in [7, 11) is 4.82. The number of piperazine rings is 1. The quantitative estimate of drug-likeness (QED) is 0.558. The van der Waals surface area contributed by atoms with E-state index in [1.165, 1.54) is 0 Å². The highest BCUT2D eigenvalue weighted by Crippen LogP contribution is 2.40. The van der Waals surface area contributed by atoms with Gasteiger partial charge in [0.15, 0.2) is 11.5 Å². The molecule has 0 amide bonds. The first-order valence-corrected chi connectivity index (χ1v) is 10.6. The number of nitrogens with zero attached hydrogens (tertiary/aromatic N) is 2. The molecule has 32 heavy (non-hydrogen) atoms. The number of nitrogens with one attached hydrogen (secondary N) is 1. The molecule has 2 aromatic carbocycles. The number of aromatic amines is 1. The molecule has 8 nitrogen and oxygen atoms in total. The van der Waals surface area contributed by atoms with E-state index < -0.39 is 12.0 Å². The smallest absolute Gasteiger partial charge is 0.325 e. The van der Waals surface area contributed by atoms with Crippen molar-refractivity contribution in [2.45, 2.75) is 12.6 Å². The van der Waals surface area contributed by atoms with Crippen LogP contribution in [0.4, 0.5) is 0 Å². The third-order valence-electron chi connectivity index (χ3n) is 6.10. The Bertz CT molecular complexity index is 1090. The Balaban J connectivity index is 1.49. The molecule has 1 aliphatic rings. The van der Waals surface area contributed by atoms with E-state index in [1.54, 1.807) is 21.3 Å². The van der Waals surface area contributed by atoms with Crippen molar-refractivity contribution in [1.82, 2.24) is 14.8 Å². The molecule has 8 heteroatoms. The minimum absolute atomic E-state index is 0.580. The van der Waals surface area contributed by atoms with E-state index in [-0.39, 0.29) is 0 Å². The largest absolute Gasteiger partial charge is 0.493 e. The average molecular weight is 440 g/mol. The molecular formula is C24H29N3O5. The van der Waals surface area contributed by atoms with Crippen LogP contribution >= 0.6 is 0 Å². The Hall–Kier alpha value is -3.23. The summed E-state index contributed by atoms with van der Waals surface area (Å²) in [5, 5.41) is 11.0. The van der Waals surface area contributed by atoms with Gasteiger partial charge in [0.1, 0.15) is 6.04 Å². The summed E-state index contributed by atoms with van der Waals surface area (Å²) < 4.78 is 16.5. The maximum Gasteiger partial charge on any atom is 0.325 e. The van der Waals surface area contributed by atoms with Gasteiger partial charge in [0.25, 0.3) is 0 Å². The van der Waals surface area contributed by atoms with Crippen LogP contribution in [-0.2, 0) is 11.3 Å². The standard InChI is InChI=1S/C24H29N3O5/c1-30-20-9-8-16(22(31-2)23(20)32-3)15-26-10-12-27(13-11-26)21(24(28)29)18-14-25-19-7-5-4-6-17(18)19/h4-9,14,21,25H,10-13,15H2,1-3H3,(H,28,29). The fourth-order valence-electron chi connectivity index (χ4n) is 4.51. The van der Waals surface area contributed by atoms with Crippen molar-refractivity contribution in [1.29, 1.82) is 0 Å². The number of aliphatic carboxylic acids is 1. The number of rotatable bonds is 8. The third-order valence-corrected chi connectivity index (χ3v) is 6.10. The summed E-state index contributed by atoms with van der Waals surface area (Å²) in [5.74, 6) is 1.04. The maximum atomic E-state index is 12.2. The molecule has 2 N–H and O–H groups in total. The fourth-order valence-corrected chi connectivity index (χ4v) is 4.51. The molecule has 170 valence electrons. The monoisotopic (exact) mass is 439 g/mol. The highest BCUT2D eigenvalue weighted by atomic mass is 16.5. The van der Waals surface area contributed by atoms with Gasteiger partial charge in [-0.2, -0.15) is 0 Å². The average Bonchev–Trinajstić information content (AvgIpc) is 3.23. The van der Waals surface area contributed by atoms with Crippen LogP contribution in [0.3, 0.4) is 0 Å². The van der Waals surface area contributed by atoms with Crippen molar-refractivity contribution in [2.24, 2.45) is 0 Å². The lowest BCUT2D eigenvalue weighted by Crippen LogP contribution is -2.48. The number of H-pyrrole nitrogens is 1. The van der Waals surface area contributed by atoms with Crippen LogP contribution in [0.15, 0.2) is 42.6 Å². The lowest BCUT2D eigenvalue weighted by atomic mass is 10.0. The van der Waals surface area contributed by atoms with Crippen LogP contribution < -0.4 is 14.2 Å². The number of hydrogen-bond acceptors (Lipinski definition) is 6. The molecule has 1 aliphatic heterocycles. The SMILES string of the molecule is COc1ccc(CN2CCN(C(C(=O)O)c3c[nH]c4ccccc34)CC2)c(OC)c1OC. The van der Waals surface area contributed by atoms with E-state index in [0.29, 0.717) is 36.9 Å². The number of carboxylic acids is 1. The number of hydrogen-bond donors (Lipinski definition) is 2. The molecule has 2 heterocycles. The summed E-state index contributed by atoms with van der Waals surface area (Å²) in [6.07, 6.45) is 1.82. The molecule has 3 aromatic rings. The second-order valence-corrected chi connectivity index (χ2v) is 7.84.